The Morgan fingerprint density at radius 1 is 1.04 bits per heavy atom. The number of rotatable bonds is 9. The zero-order valence-corrected chi connectivity index (χ0v) is 16.1. The minimum absolute atomic E-state index is 0.114. The molecule has 0 radical (unpaired) electrons. The number of amides is 1. The number of nitrogens with zero attached hydrogens (tertiary/aromatic N) is 1. The van der Waals surface area contributed by atoms with E-state index in [2.05, 4.69) is 29.6 Å². The molecule has 140 valence electrons. The third kappa shape index (κ3) is 6.19. The molecule has 0 aliphatic carbocycles. The largest absolute Gasteiger partial charge is 0.355 e. The molecule has 0 aromatic heterocycles. The van der Waals surface area contributed by atoms with Crippen molar-refractivity contribution in [1.82, 2.24) is 5.32 Å². The van der Waals surface area contributed by atoms with Gasteiger partial charge in [-0.15, -0.1) is 0 Å². The highest BCUT2D eigenvalue weighted by atomic mass is 32.2. The van der Waals surface area contributed by atoms with E-state index >= 15 is 0 Å². The zero-order chi connectivity index (χ0) is 19.0. The first-order valence-corrected chi connectivity index (χ1v) is 10.3. The molecule has 5 nitrogen and oxygen atoms in total. The highest BCUT2D eigenvalue weighted by molar-refractivity contribution is 7.92. The van der Waals surface area contributed by atoms with E-state index in [0.717, 1.165) is 12.8 Å². The summed E-state index contributed by atoms with van der Waals surface area (Å²) in [7, 11) is -1.94. The standard InChI is InChI=1S/C20H26N2O3S/c1-17-11-13-18(14-12-17)7-6-10-20(23)21-15-16-26(24,25)22(2)19-8-4-3-5-9-19/h3-5,8-9,11-14H,6-7,10,15-16H2,1-2H3,(H,21,23). The molecule has 2 aromatic rings. The van der Waals surface area contributed by atoms with Crippen LogP contribution >= 0.6 is 0 Å². The number of sulfonamides is 1. The molecule has 0 aliphatic heterocycles. The van der Waals surface area contributed by atoms with Gasteiger partial charge in [-0.05, 0) is 37.5 Å². The summed E-state index contributed by atoms with van der Waals surface area (Å²) in [5.41, 5.74) is 3.03. The summed E-state index contributed by atoms with van der Waals surface area (Å²) in [5, 5.41) is 2.70. The molecule has 2 rings (SSSR count). The summed E-state index contributed by atoms with van der Waals surface area (Å²) in [6.07, 6.45) is 1.97. The zero-order valence-electron chi connectivity index (χ0n) is 15.3. The summed E-state index contributed by atoms with van der Waals surface area (Å²) < 4.78 is 25.9. The second-order valence-electron chi connectivity index (χ2n) is 6.31. The number of hydrogen-bond acceptors (Lipinski definition) is 3. The molecule has 1 N–H and O–H groups in total. The molecule has 0 fully saturated rings. The molecule has 2 aromatic carbocycles. The van der Waals surface area contributed by atoms with Crippen LogP contribution < -0.4 is 9.62 Å². The van der Waals surface area contributed by atoms with E-state index in [1.807, 2.05) is 13.0 Å². The van der Waals surface area contributed by atoms with Crippen molar-refractivity contribution in [3.05, 3.63) is 65.7 Å². The summed E-state index contributed by atoms with van der Waals surface area (Å²) in [5.74, 6) is -0.239. The molecule has 0 heterocycles. The molecule has 0 unspecified atom stereocenters. The Labute approximate surface area is 156 Å². The summed E-state index contributed by atoms with van der Waals surface area (Å²) in [6, 6.07) is 17.1. The van der Waals surface area contributed by atoms with Crippen LogP contribution in [0, 0.1) is 6.92 Å². The number of para-hydroxylation sites is 1. The number of aryl methyl sites for hydroxylation is 2. The van der Waals surface area contributed by atoms with Crippen molar-refractivity contribution < 1.29 is 13.2 Å². The lowest BCUT2D eigenvalue weighted by Crippen LogP contribution is -2.35. The van der Waals surface area contributed by atoms with Gasteiger partial charge in [0.2, 0.25) is 15.9 Å². The van der Waals surface area contributed by atoms with Crippen LogP contribution in [-0.4, -0.2) is 33.7 Å². The van der Waals surface area contributed by atoms with Crippen LogP contribution in [-0.2, 0) is 21.2 Å². The average Bonchev–Trinajstić information content (AvgIpc) is 2.63. The van der Waals surface area contributed by atoms with Crippen LogP contribution in [0.4, 0.5) is 5.69 Å². The maximum atomic E-state index is 12.3. The Bertz CT molecular complexity index is 803. The van der Waals surface area contributed by atoms with Crippen LogP contribution in [0.3, 0.4) is 0 Å². The Morgan fingerprint density at radius 2 is 1.69 bits per heavy atom. The number of anilines is 1. The maximum absolute atomic E-state index is 12.3. The number of carbonyl (C=O) groups is 1. The average molecular weight is 375 g/mol. The van der Waals surface area contributed by atoms with Gasteiger partial charge in [0.05, 0.1) is 11.4 Å². The van der Waals surface area contributed by atoms with Crippen molar-refractivity contribution in [3.63, 3.8) is 0 Å². The predicted octanol–water partition coefficient (Wildman–Crippen LogP) is 2.90. The van der Waals surface area contributed by atoms with Crippen molar-refractivity contribution in [2.24, 2.45) is 0 Å². The Morgan fingerprint density at radius 3 is 2.35 bits per heavy atom. The fourth-order valence-corrected chi connectivity index (χ4v) is 3.63. The number of hydrogen-bond donors (Lipinski definition) is 1. The molecule has 0 aliphatic rings. The smallest absolute Gasteiger partial charge is 0.236 e. The third-order valence-electron chi connectivity index (χ3n) is 4.21. The molecule has 6 heteroatoms. The van der Waals surface area contributed by atoms with Crippen LogP contribution in [0.5, 0.6) is 0 Å². The van der Waals surface area contributed by atoms with E-state index in [1.54, 1.807) is 24.3 Å². The molecule has 1 amide bonds. The fourth-order valence-electron chi connectivity index (χ4n) is 2.55. The Balaban J connectivity index is 1.71. The molecular formula is C20H26N2O3S. The van der Waals surface area contributed by atoms with E-state index in [1.165, 1.54) is 22.5 Å². The van der Waals surface area contributed by atoms with Gasteiger partial charge in [0.1, 0.15) is 0 Å². The fraction of sp³-hybridized carbons (Fsp3) is 0.350. The van der Waals surface area contributed by atoms with Gasteiger partial charge in [0.15, 0.2) is 0 Å². The van der Waals surface area contributed by atoms with Gasteiger partial charge in [0.25, 0.3) is 0 Å². The van der Waals surface area contributed by atoms with Gasteiger partial charge in [-0.25, -0.2) is 8.42 Å². The highest BCUT2D eigenvalue weighted by Gasteiger charge is 2.18. The minimum Gasteiger partial charge on any atom is -0.355 e. The van der Waals surface area contributed by atoms with Crippen molar-refractivity contribution >= 4 is 21.6 Å². The summed E-state index contributed by atoms with van der Waals surface area (Å²) in [4.78, 5) is 11.9. The van der Waals surface area contributed by atoms with Gasteiger partial charge in [0, 0.05) is 20.0 Å². The summed E-state index contributed by atoms with van der Waals surface area (Å²) >= 11 is 0. The van der Waals surface area contributed by atoms with Gasteiger partial charge in [-0.2, -0.15) is 0 Å². The number of benzene rings is 2. The second-order valence-corrected chi connectivity index (χ2v) is 8.43. The minimum atomic E-state index is -3.46. The molecule has 0 saturated carbocycles. The van der Waals surface area contributed by atoms with E-state index in [4.69, 9.17) is 0 Å². The van der Waals surface area contributed by atoms with Crippen molar-refractivity contribution in [1.29, 1.82) is 0 Å². The lowest BCUT2D eigenvalue weighted by molar-refractivity contribution is -0.121. The molecule has 0 atom stereocenters. The van der Waals surface area contributed by atoms with Gasteiger partial charge < -0.3 is 5.32 Å². The van der Waals surface area contributed by atoms with E-state index in [0.29, 0.717) is 12.1 Å². The van der Waals surface area contributed by atoms with E-state index in [-0.39, 0.29) is 18.2 Å². The monoisotopic (exact) mass is 374 g/mol. The van der Waals surface area contributed by atoms with Crippen molar-refractivity contribution in [2.45, 2.75) is 26.2 Å². The molecule has 26 heavy (non-hydrogen) atoms. The SMILES string of the molecule is Cc1ccc(CCCC(=O)NCCS(=O)(=O)N(C)c2ccccc2)cc1. The quantitative estimate of drug-likeness (QED) is 0.734. The third-order valence-corrected chi connectivity index (χ3v) is 5.97. The normalized spacial score (nSPS) is 11.2. The van der Waals surface area contributed by atoms with Gasteiger partial charge in [-0.1, -0.05) is 48.0 Å². The van der Waals surface area contributed by atoms with Crippen LogP contribution in [0.2, 0.25) is 0 Å². The first kappa shape index (κ1) is 20.0. The maximum Gasteiger partial charge on any atom is 0.236 e. The Hall–Kier alpha value is -2.34. The van der Waals surface area contributed by atoms with Crippen LogP contribution in [0.15, 0.2) is 54.6 Å². The molecule has 0 spiro atoms. The van der Waals surface area contributed by atoms with Gasteiger partial charge >= 0.3 is 0 Å². The second kappa shape index (κ2) is 9.38. The molecule has 0 saturated heterocycles. The first-order chi connectivity index (χ1) is 12.4. The number of nitrogens with one attached hydrogen (secondary N) is 1. The lowest BCUT2D eigenvalue weighted by Gasteiger charge is -2.19. The number of carbonyl (C=O) groups excluding carboxylic acids is 1. The van der Waals surface area contributed by atoms with Crippen molar-refractivity contribution in [3.8, 4) is 0 Å². The van der Waals surface area contributed by atoms with Gasteiger partial charge in [-0.3, -0.25) is 9.10 Å². The molecule has 0 bridgehead atoms. The first-order valence-electron chi connectivity index (χ1n) is 8.72. The summed E-state index contributed by atoms with van der Waals surface area (Å²) in [6.45, 7) is 2.16. The lowest BCUT2D eigenvalue weighted by atomic mass is 10.1. The molecular weight excluding hydrogens is 348 g/mol. The Kier molecular flexibility index (Phi) is 7.21. The van der Waals surface area contributed by atoms with Crippen molar-refractivity contribution in [2.75, 3.05) is 23.7 Å². The van der Waals surface area contributed by atoms with E-state index in [9.17, 15) is 13.2 Å². The highest BCUT2D eigenvalue weighted by Crippen LogP contribution is 2.15. The van der Waals surface area contributed by atoms with E-state index < -0.39 is 10.0 Å². The van der Waals surface area contributed by atoms with Crippen LogP contribution in [0.25, 0.3) is 0 Å². The topological polar surface area (TPSA) is 66.5 Å². The predicted molar refractivity (Wildman–Crippen MR) is 106 cm³/mol. The van der Waals surface area contributed by atoms with Crippen LogP contribution in [0.1, 0.15) is 24.0 Å².